The predicted molar refractivity (Wildman–Crippen MR) is 160 cm³/mol. The topological polar surface area (TPSA) is 88.8 Å². The van der Waals surface area contributed by atoms with E-state index in [-0.39, 0.29) is 23.6 Å². The Morgan fingerprint density at radius 3 is 2.56 bits per heavy atom. The molecule has 0 N–H and O–H groups in total. The van der Waals surface area contributed by atoms with Crippen LogP contribution in [0.2, 0.25) is 0 Å². The molecule has 5 rings (SSSR count). The molecular weight excluding hydrogens is 536 g/mol. The van der Waals surface area contributed by atoms with Gasteiger partial charge in [0.25, 0.3) is 5.91 Å². The van der Waals surface area contributed by atoms with E-state index < -0.39 is 0 Å². The van der Waals surface area contributed by atoms with E-state index in [9.17, 15) is 9.59 Å². The van der Waals surface area contributed by atoms with Crippen LogP contribution in [0.25, 0.3) is 11.3 Å². The van der Waals surface area contributed by atoms with E-state index >= 15 is 0 Å². The summed E-state index contributed by atoms with van der Waals surface area (Å²) in [5.74, 6) is 1.48. The average molecular weight is 571 g/mol. The Kier molecular flexibility index (Phi) is 9.36. The van der Waals surface area contributed by atoms with Gasteiger partial charge in [0.05, 0.1) is 24.0 Å². The highest BCUT2D eigenvalue weighted by atomic mass is 32.2. The predicted octanol–water partition coefficient (Wildman–Crippen LogP) is 6.08. The summed E-state index contributed by atoms with van der Waals surface area (Å²) in [6, 6.07) is 25.9. The summed E-state index contributed by atoms with van der Waals surface area (Å²) in [6.07, 6.45) is 1.49. The fraction of sp³-hybridized carbons (Fsp3) is 0.312. The van der Waals surface area contributed by atoms with Gasteiger partial charge >= 0.3 is 5.97 Å². The number of ether oxygens (including phenoxy) is 1. The van der Waals surface area contributed by atoms with Gasteiger partial charge in [-0.2, -0.15) is 0 Å². The van der Waals surface area contributed by atoms with Gasteiger partial charge in [0.1, 0.15) is 11.6 Å². The molecule has 1 atom stereocenters. The van der Waals surface area contributed by atoms with Gasteiger partial charge in [-0.15, -0.1) is 0 Å². The monoisotopic (exact) mass is 570 g/mol. The van der Waals surface area contributed by atoms with E-state index in [2.05, 4.69) is 17.0 Å². The highest BCUT2D eigenvalue weighted by Crippen LogP contribution is 2.29. The van der Waals surface area contributed by atoms with Gasteiger partial charge in [0.2, 0.25) is 0 Å². The number of nitrogens with zero attached hydrogens (tertiary/aromatic N) is 4. The summed E-state index contributed by atoms with van der Waals surface area (Å²) in [5.41, 5.74) is 3.05. The number of hydrogen-bond acceptors (Lipinski definition) is 8. The van der Waals surface area contributed by atoms with E-state index in [4.69, 9.17) is 19.1 Å². The third-order valence-electron chi connectivity index (χ3n) is 6.96. The number of rotatable bonds is 10. The van der Waals surface area contributed by atoms with Gasteiger partial charge in [-0.25, -0.2) is 9.97 Å². The highest BCUT2D eigenvalue weighted by Gasteiger charge is 2.31. The summed E-state index contributed by atoms with van der Waals surface area (Å²) in [7, 11) is 2.02. The van der Waals surface area contributed by atoms with Crippen LogP contribution in [0, 0.1) is 5.92 Å². The van der Waals surface area contributed by atoms with Crippen LogP contribution < -0.4 is 4.90 Å². The lowest BCUT2D eigenvalue weighted by Crippen LogP contribution is -2.42. The molecule has 9 heteroatoms. The second kappa shape index (κ2) is 13.5. The summed E-state index contributed by atoms with van der Waals surface area (Å²) >= 11 is 1.46. The molecular formula is C32H34N4O4S. The maximum Gasteiger partial charge on any atom is 0.310 e. The number of aromatic nitrogens is 2. The van der Waals surface area contributed by atoms with Crippen LogP contribution in [0.1, 0.15) is 41.6 Å². The minimum absolute atomic E-state index is 0.206. The number of piperidine rings is 1. The van der Waals surface area contributed by atoms with E-state index in [1.165, 1.54) is 17.3 Å². The molecule has 1 unspecified atom stereocenters. The largest absolute Gasteiger partial charge is 0.466 e. The van der Waals surface area contributed by atoms with Crippen LogP contribution in [-0.4, -0.2) is 53.5 Å². The highest BCUT2D eigenvalue weighted by molar-refractivity contribution is 7.98. The molecule has 0 radical (unpaired) electrons. The number of hydrogen-bond donors (Lipinski definition) is 0. The van der Waals surface area contributed by atoms with Crippen LogP contribution >= 0.6 is 11.8 Å². The van der Waals surface area contributed by atoms with E-state index in [1.54, 1.807) is 17.9 Å². The first kappa shape index (κ1) is 28.4. The molecule has 0 saturated carbocycles. The van der Waals surface area contributed by atoms with Gasteiger partial charge < -0.3 is 19.0 Å². The number of amides is 1. The maximum absolute atomic E-state index is 13.1. The third-order valence-corrected chi connectivity index (χ3v) is 7.83. The molecule has 2 aromatic carbocycles. The molecule has 41 heavy (non-hydrogen) atoms. The third kappa shape index (κ3) is 7.35. The quantitative estimate of drug-likeness (QED) is 0.129. The van der Waals surface area contributed by atoms with Gasteiger partial charge in [-0.1, -0.05) is 72.4 Å². The lowest BCUT2D eigenvalue weighted by Gasteiger charge is -2.30. The van der Waals surface area contributed by atoms with Crippen molar-refractivity contribution in [1.29, 1.82) is 0 Å². The fourth-order valence-electron chi connectivity index (χ4n) is 4.84. The molecule has 2 aromatic heterocycles. The summed E-state index contributed by atoms with van der Waals surface area (Å²) < 4.78 is 11.1. The maximum atomic E-state index is 13.1. The van der Waals surface area contributed by atoms with Crippen LogP contribution in [0.3, 0.4) is 0 Å². The molecule has 0 spiro atoms. The molecule has 1 aliphatic rings. The Hall–Kier alpha value is -4.11. The van der Waals surface area contributed by atoms with Crippen molar-refractivity contribution >= 4 is 29.5 Å². The smallest absolute Gasteiger partial charge is 0.310 e. The minimum atomic E-state index is -0.291. The molecule has 0 aliphatic carbocycles. The van der Waals surface area contributed by atoms with E-state index in [0.717, 1.165) is 29.9 Å². The number of anilines is 1. The lowest BCUT2D eigenvalue weighted by atomic mass is 9.98. The van der Waals surface area contributed by atoms with Crippen LogP contribution in [0.15, 0.2) is 88.4 Å². The van der Waals surface area contributed by atoms with Crippen LogP contribution in [-0.2, 0) is 21.8 Å². The van der Waals surface area contributed by atoms with Crippen LogP contribution in [0.4, 0.5) is 5.82 Å². The standard InChI is InChI=1S/C32H34N4O4S/c1-3-39-31(38)25-15-10-18-36(21-25)30(37)28-17-16-26(40-28)22-41-32-33-27(24-13-8-5-9-14-24)19-29(34-32)35(2)20-23-11-6-4-7-12-23/h4-9,11-14,16-17,19,25H,3,10,15,18,20-22H2,1-2H3. The summed E-state index contributed by atoms with van der Waals surface area (Å²) in [5, 5.41) is 0.624. The Labute approximate surface area is 244 Å². The second-order valence-corrected chi connectivity index (χ2v) is 10.9. The zero-order chi connectivity index (χ0) is 28.6. The number of esters is 1. The van der Waals surface area contributed by atoms with Gasteiger partial charge in [-0.05, 0) is 37.5 Å². The molecule has 1 saturated heterocycles. The van der Waals surface area contributed by atoms with Crippen molar-refractivity contribution in [2.24, 2.45) is 5.92 Å². The van der Waals surface area contributed by atoms with Crippen molar-refractivity contribution in [2.75, 3.05) is 31.6 Å². The number of furan rings is 1. The number of carbonyl (C=O) groups is 2. The number of benzene rings is 2. The van der Waals surface area contributed by atoms with E-state index in [1.807, 2.05) is 67.7 Å². The van der Waals surface area contributed by atoms with Gasteiger partial charge in [-0.3, -0.25) is 9.59 Å². The fourth-order valence-corrected chi connectivity index (χ4v) is 5.59. The summed E-state index contributed by atoms with van der Waals surface area (Å²) in [4.78, 5) is 38.8. The SMILES string of the molecule is CCOC(=O)C1CCCN(C(=O)c2ccc(CSc3nc(-c4ccccc4)cc(N(C)Cc4ccccc4)n3)o2)C1. The Balaban J connectivity index is 1.29. The Bertz CT molecular complexity index is 1460. The first-order valence-corrected chi connectivity index (χ1v) is 14.9. The van der Waals surface area contributed by atoms with Crippen molar-refractivity contribution in [3.8, 4) is 11.3 Å². The number of carbonyl (C=O) groups excluding carboxylic acids is 2. The molecule has 0 bridgehead atoms. The number of likely N-dealkylation sites (tertiary alicyclic amines) is 1. The molecule has 1 amide bonds. The van der Waals surface area contributed by atoms with Crippen molar-refractivity contribution in [3.63, 3.8) is 0 Å². The Morgan fingerprint density at radius 2 is 1.80 bits per heavy atom. The first-order chi connectivity index (χ1) is 20.0. The van der Waals surface area contributed by atoms with Crippen molar-refractivity contribution < 1.29 is 18.7 Å². The minimum Gasteiger partial charge on any atom is -0.466 e. The summed E-state index contributed by atoms with van der Waals surface area (Å²) in [6.45, 7) is 3.79. The zero-order valence-corrected chi connectivity index (χ0v) is 24.2. The lowest BCUT2D eigenvalue weighted by molar-refractivity contribution is -0.149. The molecule has 3 heterocycles. The van der Waals surface area contributed by atoms with Crippen molar-refractivity contribution in [2.45, 2.75) is 37.2 Å². The molecule has 4 aromatic rings. The van der Waals surface area contributed by atoms with Gasteiger partial charge in [0.15, 0.2) is 10.9 Å². The van der Waals surface area contributed by atoms with Crippen LogP contribution in [0.5, 0.6) is 0 Å². The molecule has 1 fully saturated rings. The first-order valence-electron chi connectivity index (χ1n) is 13.9. The average Bonchev–Trinajstić information content (AvgIpc) is 3.50. The molecule has 8 nitrogen and oxygen atoms in total. The Morgan fingerprint density at radius 1 is 1.05 bits per heavy atom. The number of thioether (sulfide) groups is 1. The second-order valence-electron chi connectivity index (χ2n) is 10.00. The normalized spacial score (nSPS) is 15.0. The zero-order valence-electron chi connectivity index (χ0n) is 23.4. The van der Waals surface area contributed by atoms with Crippen molar-refractivity contribution in [3.05, 3.63) is 95.9 Å². The molecule has 212 valence electrons. The molecule has 1 aliphatic heterocycles. The van der Waals surface area contributed by atoms with Crippen molar-refractivity contribution in [1.82, 2.24) is 14.9 Å². The van der Waals surface area contributed by atoms with E-state index in [0.29, 0.717) is 42.9 Å². The van der Waals surface area contributed by atoms with Gasteiger partial charge in [0, 0.05) is 38.3 Å².